The molecule has 0 saturated carbocycles. The summed E-state index contributed by atoms with van der Waals surface area (Å²) in [5.74, 6) is -2.45. The molecule has 69 heavy (non-hydrogen) atoms. The normalized spacial score (nSPS) is 12.0. The van der Waals surface area contributed by atoms with Gasteiger partial charge in [0.1, 0.15) is 22.9 Å². The number of nitrogens with one attached hydrogen (secondary N) is 4. The van der Waals surface area contributed by atoms with E-state index in [0.29, 0.717) is 53.0 Å². The quantitative estimate of drug-likeness (QED) is 0.0296. The third kappa shape index (κ3) is 14.3. The van der Waals surface area contributed by atoms with Crippen LogP contribution in [-0.4, -0.2) is 79.1 Å². The zero-order chi connectivity index (χ0) is 50.2. The van der Waals surface area contributed by atoms with Crippen LogP contribution >= 0.6 is 58.0 Å². The number of anilines is 4. The predicted molar refractivity (Wildman–Crippen MR) is 270 cm³/mol. The molecule has 5 rings (SSSR count). The van der Waals surface area contributed by atoms with E-state index in [2.05, 4.69) is 41.7 Å². The van der Waals surface area contributed by atoms with E-state index in [4.69, 9.17) is 67.5 Å². The Morgan fingerprint density at radius 2 is 0.971 bits per heavy atom. The Bertz CT molecular complexity index is 2810. The topological polar surface area (TPSA) is 218 Å². The number of hydrogen-bond acceptors (Lipinski definition) is 12. The van der Waals surface area contributed by atoms with Crippen LogP contribution in [0.2, 0.25) is 10.0 Å². The summed E-state index contributed by atoms with van der Waals surface area (Å²) >= 11 is 30.9. The number of benzene rings is 5. The molecule has 0 radical (unpaired) electrons. The van der Waals surface area contributed by atoms with Crippen LogP contribution in [0.15, 0.2) is 111 Å². The summed E-state index contributed by atoms with van der Waals surface area (Å²) in [6.07, 6.45) is 1.13. The first-order valence-corrected chi connectivity index (χ1v) is 23.3. The Morgan fingerprint density at radius 1 is 0.536 bits per heavy atom. The summed E-state index contributed by atoms with van der Waals surface area (Å²) in [6, 6.07) is 20.3. The highest BCUT2D eigenvalue weighted by atomic mass is 35.5. The fraction of sp³-hybridized carbons (Fsp3) is 0.250. The number of carbonyl (C=O) groups excluding carboxylic acids is 6. The van der Waals surface area contributed by atoms with E-state index in [1.807, 2.05) is 12.1 Å². The Morgan fingerprint density at radius 3 is 1.39 bits per heavy atom. The maximum absolute atomic E-state index is 13.6. The number of rotatable bonds is 22. The van der Waals surface area contributed by atoms with Crippen molar-refractivity contribution in [2.45, 2.75) is 45.2 Å². The molecule has 4 N–H and O–H groups in total. The number of halogens is 5. The van der Waals surface area contributed by atoms with E-state index < -0.39 is 47.3 Å². The second-order valence-corrected chi connectivity index (χ2v) is 16.8. The molecule has 2 atom stereocenters. The van der Waals surface area contributed by atoms with Crippen molar-refractivity contribution < 1.29 is 38.2 Å². The molecule has 0 aromatic heterocycles. The second-order valence-electron chi connectivity index (χ2n) is 14.9. The van der Waals surface area contributed by atoms with Gasteiger partial charge in [0.25, 0.3) is 23.6 Å². The van der Waals surface area contributed by atoms with Crippen molar-refractivity contribution in [3.8, 4) is 11.5 Å². The summed E-state index contributed by atoms with van der Waals surface area (Å²) in [5.41, 5.74) is 3.63. The SMILES string of the molecule is COc1cccc(CCCl)c1NC(=O)c1ccc(Cl)c(N=NC(C(C)=O)C(=O)Nc2ccc(NC(=O)C(N=Nc3cc(C(=O)Nc4c(CCCl)cccc4OC)ccc3Cl)C(C)=O)c(CCCl)c2)c1. The molecule has 0 aliphatic rings. The number of alkyl halides is 3. The van der Waals surface area contributed by atoms with Gasteiger partial charge >= 0.3 is 0 Å². The van der Waals surface area contributed by atoms with Crippen molar-refractivity contribution >= 4 is 127 Å². The Hall–Kier alpha value is -6.43. The number of ether oxygens (including phenoxy) is 2. The van der Waals surface area contributed by atoms with Gasteiger partial charge < -0.3 is 30.7 Å². The molecule has 2 unspecified atom stereocenters. The maximum atomic E-state index is 13.6. The van der Waals surface area contributed by atoms with Crippen molar-refractivity contribution in [1.82, 2.24) is 0 Å². The smallest absolute Gasteiger partial charge is 0.258 e. The number of azo groups is 2. The van der Waals surface area contributed by atoms with Crippen molar-refractivity contribution in [3.63, 3.8) is 0 Å². The van der Waals surface area contributed by atoms with Crippen LogP contribution < -0.4 is 30.7 Å². The number of para-hydroxylation sites is 2. The molecule has 0 heterocycles. The summed E-state index contributed by atoms with van der Waals surface area (Å²) in [4.78, 5) is 79.3. The first-order chi connectivity index (χ1) is 33.1. The fourth-order valence-electron chi connectivity index (χ4n) is 6.62. The molecule has 4 amide bonds. The number of hydrogen-bond donors (Lipinski definition) is 4. The van der Waals surface area contributed by atoms with E-state index in [-0.39, 0.29) is 56.2 Å². The van der Waals surface area contributed by atoms with Gasteiger partial charge in [-0.3, -0.25) is 28.8 Å². The molecule has 0 saturated heterocycles. The van der Waals surface area contributed by atoms with Crippen LogP contribution in [-0.2, 0) is 38.4 Å². The van der Waals surface area contributed by atoms with Gasteiger partial charge in [0.2, 0.25) is 12.1 Å². The van der Waals surface area contributed by atoms with Gasteiger partial charge in [-0.05, 0) is 117 Å². The molecule has 21 heteroatoms. The molecule has 5 aromatic carbocycles. The number of carbonyl (C=O) groups is 6. The molecule has 0 bridgehead atoms. The highest BCUT2D eigenvalue weighted by Gasteiger charge is 2.27. The van der Waals surface area contributed by atoms with Crippen molar-refractivity contribution in [3.05, 3.63) is 129 Å². The lowest BCUT2D eigenvalue weighted by Gasteiger charge is -2.16. The standard InChI is InChI=1S/C48H45Cl5N8O8/c1-26(62)41(60-58-37-24-31(11-14-34(37)52)45(64)56-43-28(17-20-49)7-5-9-39(43)68-3)47(66)54-33-13-16-36(30(23-33)19-22-51)55-48(67)42(27(2)63)61-59-38-25-32(12-15-35(38)53)46(65)57-44-29(18-21-50)8-6-10-40(44)69-4/h5-16,23-25,41-42H,17-22H2,1-4H3,(H,54,66)(H,55,67)(H,56,64)(H,57,65). The third-order valence-corrected chi connectivity index (χ3v) is 11.3. The van der Waals surface area contributed by atoms with E-state index in [0.717, 1.165) is 25.0 Å². The third-order valence-electron chi connectivity index (χ3n) is 10.1. The molecule has 0 spiro atoms. The van der Waals surface area contributed by atoms with Gasteiger partial charge in [-0.2, -0.15) is 20.5 Å². The van der Waals surface area contributed by atoms with E-state index in [1.165, 1.54) is 68.8 Å². The molecule has 5 aromatic rings. The van der Waals surface area contributed by atoms with Crippen LogP contribution in [0.3, 0.4) is 0 Å². The minimum absolute atomic E-state index is 0.0112. The zero-order valence-electron chi connectivity index (χ0n) is 37.5. The molecular weight excluding hydrogens is 994 g/mol. The van der Waals surface area contributed by atoms with Crippen molar-refractivity contribution in [2.75, 3.05) is 53.1 Å². The Labute approximate surface area is 422 Å². The lowest BCUT2D eigenvalue weighted by molar-refractivity contribution is -0.127. The van der Waals surface area contributed by atoms with Crippen molar-refractivity contribution in [2.24, 2.45) is 20.5 Å². The lowest BCUT2D eigenvalue weighted by atomic mass is 10.1. The summed E-state index contributed by atoms with van der Waals surface area (Å²) in [6.45, 7) is 2.32. The first-order valence-electron chi connectivity index (χ1n) is 20.9. The molecule has 0 fully saturated rings. The van der Waals surface area contributed by atoms with E-state index in [9.17, 15) is 28.8 Å². The fourth-order valence-corrected chi connectivity index (χ4v) is 7.54. The van der Waals surface area contributed by atoms with Crippen LogP contribution in [0.4, 0.5) is 34.1 Å². The summed E-state index contributed by atoms with van der Waals surface area (Å²) < 4.78 is 10.9. The lowest BCUT2D eigenvalue weighted by Crippen LogP contribution is -2.32. The Balaban J connectivity index is 1.29. The highest BCUT2D eigenvalue weighted by molar-refractivity contribution is 6.33. The monoisotopic (exact) mass is 1040 g/mol. The molecule has 16 nitrogen and oxygen atoms in total. The largest absolute Gasteiger partial charge is 0.495 e. The molecular formula is C48H45Cl5N8O8. The minimum Gasteiger partial charge on any atom is -0.495 e. The van der Waals surface area contributed by atoms with Gasteiger partial charge in [0, 0.05) is 40.1 Å². The number of methoxy groups -OCH3 is 2. The summed E-state index contributed by atoms with van der Waals surface area (Å²) in [7, 11) is 2.95. The van der Waals surface area contributed by atoms with Crippen molar-refractivity contribution in [1.29, 1.82) is 0 Å². The van der Waals surface area contributed by atoms with Gasteiger partial charge in [-0.15, -0.1) is 34.8 Å². The van der Waals surface area contributed by atoms with Crippen LogP contribution in [0, 0.1) is 0 Å². The number of aryl methyl sites for hydroxylation is 3. The average molecular weight is 1040 g/mol. The number of amides is 4. The molecule has 0 aliphatic heterocycles. The predicted octanol–water partition coefficient (Wildman–Crippen LogP) is 11.2. The highest BCUT2D eigenvalue weighted by Crippen LogP contribution is 2.34. The number of ketones is 2. The second kappa shape index (κ2) is 25.8. The molecule has 360 valence electrons. The molecule has 0 aliphatic carbocycles. The average Bonchev–Trinajstić information content (AvgIpc) is 3.32. The van der Waals surface area contributed by atoms with E-state index in [1.54, 1.807) is 24.3 Å². The van der Waals surface area contributed by atoms with E-state index >= 15 is 0 Å². The van der Waals surface area contributed by atoms with Crippen LogP contribution in [0.25, 0.3) is 0 Å². The summed E-state index contributed by atoms with van der Waals surface area (Å²) in [5, 5.41) is 27.3. The first kappa shape index (κ1) is 53.5. The number of nitrogens with zero attached hydrogens (tertiary/aromatic N) is 4. The minimum atomic E-state index is -1.64. The maximum Gasteiger partial charge on any atom is 0.258 e. The van der Waals surface area contributed by atoms with Gasteiger partial charge in [0.05, 0.1) is 35.6 Å². The number of Topliss-reactive ketones (excluding diaryl/α,β-unsaturated/α-hetero) is 2. The van der Waals surface area contributed by atoms with Gasteiger partial charge in [-0.25, -0.2) is 0 Å². The van der Waals surface area contributed by atoms with Gasteiger partial charge in [0.15, 0.2) is 11.6 Å². The van der Waals surface area contributed by atoms with Crippen LogP contribution in [0.1, 0.15) is 51.3 Å². The Kier molecular flexibility index (Phi) is 20.0. The zero-order valence-corrected chi connectivity index (χ0v) is 41.3. The van der Waals surface area contributed by atoms with Crippen LogP contribution in [0.5, 0.6) is 11.5 Å². The van der Waals surface area contributed by atoms with Gasteiger partial charge in [-0.1, -0.05) is 47.5 Å².